The lowest BCUT2D eigenvalue weighted by Gasteiger charge is -2.10. The lowest BCUT2D eigenvalue weighted by atomic mass is 10.3. The first-order valence-electron chi connectivity index (χ1n) is 5.77. The number of benzene rings is 1. The summed E-state index contributed by atoms with van der Waals surface area (Å²) in [6.07, 6.45) is 0.155. The molecule has 1 aromatic heterocycles. The Bertz CT molecular complexity index is 507. The summed E-state index contributed by atoms with van der Waals surface area (Å²) in [4.78, 5) is 0. The molecule has 18 heavy (non-hydrogen) atoms. The Morgan fingerprint density at radius 1 is 1.17 bits per heavy atom. The topological polar surface area (TPSA) is 52.8 Å². The van der Waals surface area contributed by atoms with Gasteiger partial charge in [-0.3, -0.25) is 0 Å². The van der Waals surface area contributed by atoms with Crippen molar-refractivity contribution in [3.63, 3.8) is 0 Å². The average Bonchev–Trinajstić information content (AvgIpc) is 2.78. The van der Waals surface area contributed by atoms with Crippen LogP contribution in [-0.4, -0.2) is 26.3 Å². The number of halogens is 1. The molecule has 1 atom stereocenters. The van der Waals surface area contributed by atoms with Crippen LogP contribution >= 0.6 is 11.6 Å². The molecule has 0 spiro atoms. The van der Waals surface area contributed by atoms with Gasteiger partial charge in [-0.1, -0.05) is 0 Å². The van der Waals surface area contributed by atoms with E-state index in [4.69, 9.17) is 16.3 Å². The molecule has 2 rings (SSSR count). The monoisotopic (exact) mass is 266 g/mol. The van der Waals surface area contributed by atoms with Crippen LogP contribution < -0.4 is 4.74 Å². The molecule has 0 fully saturated rings. The predicted molar refractivity (Wildman–Crippen MR) is 69.2 cm³/mol. The molecule has 0 aliphatic carbocycles. The lowest BCUT2D eigenvalue weighted by molar-refractivity contribution is 0.242. The molecular weight excluding hydrogens is 252 g/mol. The zero-order valence-electron chi connectivity index (χ0n) is 10.5. The number of nitrogens with zero attached hydrogens (tertiary/aromatic N) is 4. The molecule has 2 aromatic rings. The standard InChI is InChI=1S/C12H15ClN4O/c1-8(2)18-11-6-4-10(5-7-11)17-12(9(3)13)14-15-16-17/h4-9H,1-3H3. The second-order valence-corrected chi connectivity index (χ2v) is 4.88. The number of hydrogen-bond donors (Lipinski definition) is 0. The Morgan fingerprint density at radius 2 is 1.83 bits per heavy atom. The third kappa shape index (κ3) is 2.79. The Hall–Kier alpha value is -1.62. The summed E-state index contributed by atoms with van der Waals surface area (Å²) in [6, 6.07) is 7.58. The Morgan fingerprint density at radius 3 is 2.39 bits per heavy atom. The van der Waals surface area contributed by atoms with Gasteiger partial charge in [-0.25, -0.2) is 0 Å². The molecule has 1 unspecified atom stereocenters. The fourth-order valence-corrected chi connectivity index (χ4v) is 1.70. The van der Waals surface area contributed by atoms with Crippen molar-refractivity contribution in [3.8, 4) is 11.4 Å². The van der Waals surface area contributed by atoms with Crippen LogP contribution in [0.1, 0.15) is 32.0 Å². The Balaban J connectivity index is 2.26. The molecule has 0 radical (unpaired) electrons. The minimum atomic E-state index is -0.244. The maximum atomic E-state index is 6.01. The van der Waals surface area contributed by atoms with E-state index in [-0.39, 0.29) is 11.5 Å². The van der Waals surface area contributed by atoms with E-state index in [1.807, 2.05) is 45.0 Å². The summed E-state index contributed by atoms with van der Waals surface area (Å²) in [5.74, 6) is 1.44. The molecule has 0 aliphatic rings. The summed E-state index contributed by atoms with van der Waals surface area (Å²) in [7, 11) is 0. The molecule has 1 aromatic carbocycles. The van der Waals surface area contributed by atoms with E-state index < -0.39 is 0 Å². The van der Waals surface area contributed by atoms with E-state index in [1.165, 1.54) is 0 Å². The van der Waals surface area contributed by atoms with E-state index >= 15 is 0 Å². The van der Waals surface area contributed by atoms with Crippen molar-refractivity contribution in [2.75, 3.05) is 0 Å². The molecule has 0 saturated carbocycles. The first-order chi connectivity index (χ1) is 8.58. The normalized spacial score (nSPS) is 12.7. The quantitative estimate of drug-likeness (QED) is 0.799. The lowest BCUT2D eigenvalue weighted by Crippen LogP contribution is -2.06. The van der Waals surface area contributed by atoms with E-state index in [9.17, 15) is 0 Å². The molecule has 6 heteroatoms. The van der Waals surface area contributed by atoms with Gasteiger partial charge in [-0.15, -0.1) is 16.7 Å². The van der Waals surface area contributed by atoms with Crippen molar-refractivity contribution in [2.24, 2.45) is 0 Å². The first-order valence-corrected chi connectivity index (χ1v) is 6.21. The number of ether oxygens (including phenoxy) is 1. The highest BCUT2D eigenvalue weighted by atomic mass is 35.5. The van der Waals surface area contributed by atoms with Gasteiger partial charge >= 0.3 is 0 Å². The summed E-state index contributed by atoms with van der Waals surface area (Å²) < 4.78 is 7.20. The third-order valence-electron chi connectivity index (χ3n) is 2.30. The van der Waals surface area contributed by atoms with E-state index in [0.29, 0.717) is 5.82 Å². The highest BCUT2D eigenvalue weighted by Gasteiger charge is 2.13. The van der Waals surface area contributed by atoms with Gasteiger partial charge in [0.05, 0.1) is 17.2 Å². The van der Waals surface area contributed by atoms with Gasteiger partial charge in [0.15, 0.2) is 5.82 Å². The van der Waals surface area contributed by atoms with Gasteiger partial charge in [-0.2, -0.15) is 4.68 Å². The van der Waals surface area contributed by atoms with Crippen LogP contribution in [0.3, 0.4) is 0 Å². The second-order valence-electron chi connectivity index (χ2n) is 4.23. The van der Waals surface area contributed by atoms with Crippen LogP contribution in [0.4, 0.5) is 0 Å². The summed E-state index contributed by atoms with van der Waals surface area (Å²) in [5.41, 5.74) is 0.860. The molecule has 0 amide bonds. The van der Waals surface area contributed by atoms with Crippen molar-refractivity contribution < 1.29 is 4.74 Å². The molecule has 0 aliphatic heterocycles. The molecule has 0 N–H and O–H groups in total. The van der Waals surface area contributed by atoms with Crippen molar-refractivity contribution in [1.82, 2.24) is 20.2 Å². The van der Waals surface area contributed by atoms with E-state index in [1.54, 1.807) is 4.68 Å². The predicted octanol–water partition coefficient (Wildman–Crippen LogP) is 2.75. The smallest absolute Gasteiger partial charge is 0.174 e. The Kier molecular flexibility index (Phi) is 3.81. The highest BCUT2D eigenvalue weighted by Crippen LogP contribution is 2.21. The van der Waals surface area contributed by atoms with Crippen LogP contribution in [0.5, 0.6) is 5.75 Å². The fourth-order valence-electron chi connectivity index (χ4n) is 1.56. The summed E-state index contributed by atoms with van der Waals surface area (Å²) in [5, 5.41) is 11.2. The minimum absolute atomic E-state index is 0.155. The maximum Gasteiger partial charge on any atom is 0.174 e. The molecule has 0 bridgehead atoms. The third-order valence-corrected chi connectivity index (χ3v) is 2.50. The summed E-state index contributed by atoms with van der Waals surface area (Å²) >= 11 is 6.01. The molecule has 1 heterocycles. The van der Waals surface area contributed by atoms with Gasteiger partial charge in [0.25, 0.3) is 0 Å². The zero-order chi connectivity index (χ0) is 13.1. The Labute approximate surface area is 111 Å². The van der Waals surface area contributed by atoms with Crippen molar-refractivity contribution in [1.29, 1.82) is 0 Å². The first kappa shape index (κ1) is 12.8. The van der Waals surface area contributed by atoms with Gasteiger partial charge in [0.2, 0.25) is 0 Å². The zero-order valence-corrected chi connectivity index (χ0v) is 11.3. The number of hydrogen-bond acceptors (Lipinski definition) is 4. The van der Waals surface area contributed by atoms with Crippen molar-refractivity contribution in [2.45, 2.75) is 32.3 Å². The van der Waals surface area contributed by atoms with Crippen molar-refractivity contribution in [3.05, 3.63) is 30.1 Å². The van der Waals surface area contributed by atoms with Gasteiger partial charge in [-0.05, 0) is 55.5 Å². The van der Waals surface area contributed by atoms with Gasteiger partial charge in [0.1, 0.15) is 5.75 Å². The van der Waals surface area contributed by atoms with Crippen LogP contribution in [-0.2, 0) is 0 Å². The molecular formula is C12H15ClN4O. The molecule has 96 valence electrons. The second kappa shape index (κ2) is 5.35. The van der Waals surface area contributed by atoms with E-state index in [0.717, 1.165) is 11.4 Å². The van der Waals surface area contributed by atoms with Crippen LogP contribution in [0.25, 0.3) is 5.69 Å². The molecule has 5 nitrogen and oxygen atoms in total. The fraction of sp³-hybridized carbons (Fsp3) is 0.417. The SMILES string of the molecule is CC(C)Oc1ccc(-n2nnnc2C(C)Cl)cc1. The van der Waals surface area contributed by atoms with Gasteiger partial charge in [0, 0.05) is 0 Å². The number of tetrazole rings is 1. The van der Waals surface area contributed by atoms with Crippen LogP contribution in [0, 0.1) is 0 Å². The number of rotatable bonds is 4. The summed E-state index contributed by atoms with van der Waals surface area (Å²) in [6.45, 7) is 5.81. The average molecular weight is 267 g/mol. The van der Waals surface area contributed by atoms with Crippen LogP contribution in [0.15, 0.2) is 24.3 Å². The number of alkyl halides is 1. The van der Waals surface area contributed by atoms with E-state index in [2.05, 4.69) is 15.5 Å². The minimum Gasteiger partial charge on any atom is -0.491 e. The number of aromatic nitrogens is 4. The van der Waals surface area contributed by atoms with Gasteiger partial charge < -0.3 is 4.74 Å². The van der Waals surface area contributed by atoms with Crippen molar-refractivity contribution >= 4 is 11.6 Å². The largest absolute Gasteiger partial charge is 0.491 e. The highest BCUT2D eigenvalue weighted by molar-refractivity contribution is 6.20. The molecule has 0 saturated heterocycles. The maximum absolute atomic E-state index is 6.01. The van der Waals surface area contributed by atoms with Crippen LogP contribution in [0.2, 0.25) is 0 Å².